The zero-order valence-corrected chi connectivity index (χ0v) is 10.1. The average Bonchev–Trinajstić information content (AvgIpc) is 2.03. The summed E-state index contributed by atoms with van der Waals surface area (Å²) in [6.45, 7) is 8.07. The van der Waals surface area contributed by atoms with Crippen molar-refractivity contribution in [3.63, 3.8) is 0 Å². The maximum atomic E-state index is 3.58. The van der Waals surface area contributed by atoms with Gasteiger partial charge in [0.05, 0.1) is 0 Å². The van der Waals surface area contributed by atoms with E-state index in [1.165, 1.54) is 32.5 Å². The van der Waals surface area contributed by atoms with Gasteiger partial charge in [0.2, 0.25) is 0 Å². The number of nitrogens with one attached hydrogen (secondary N) is 2. The Morgan fingerprint density at radius 1 is 1.23 bits per heavy atom. The van der Waals surface area contributed by atoms with Crippen LogP contribution in [-0.2, 0) is 0 Å². The number of piperidine rings is 1. The largest absolute Gasteiger partial charge is 0.317 e. The molecule has 0 aromatic rings. The van der Waals surface area contributed by atoms with Gasteiger partial charge in [0.15, 0.2) is 0 Å². The van der Waals surface area contributed by atoms with Crippen LogP contribution in [0.5, 0.6) is 0 Å². The van der Waals surface area contributed by atoms with Gasteiger partial charge in [-0.3, -0.25) is 0 Å². The Bertz CT molecular complexity index is 104. The van der Waals surface area contributed by atoms with Crippen LogP contribution in [-0.4, -0.2) is 25.7 Å². The standard InChI is InChI=1S/C9H20N2.2ClH/c1-8(2)7-11-9-3-5-10-6-4-9;;/h8-11H,3-7H2,1-2H3;2*1H. The van der Waals surface area contributed by atoms with Crippen LogP contribution in [0.1, 0.15) is 26.7 Å². The summed E-state index contributed by atoms with van der Waals surface area (Å²) in [5, 5.41) is 6.94. The quantitative estimate of drug-likeness (QED) is 0.771. The lowest BCUT2D eigenvalue weighted by molar-refractivity contribution is 0.370. The molecule has 0 amide bonds. The van der Waals surface area contributed by atoms with Crippen molar-refractivity contribution in [2.45, 2.75) is 32.7 Å². The maximum Gasteiger partial charge on any atom is 0.00913 e. The van der Waals surface area contributed by atoms with E-state index in [1.54, 1.807) is 0 Å². The van der Waals surface area contributed by atoms with Gasteiger partial charge in [0, 0.05) is 6.04 Å². The predicted octanol–water partition coefficient (Wildman–Crippen LogP) is 1.83. The number of halogens is 2. The Labute approximate surface area is 94.1 Å². The molecule has 0 spiro atoms. The molecule has 82 valence electrons. The molecule has 1 aliphatic heterocycles. The van der Waals surface area contributed by atoms with Crippen molar-refractivity contribution in [1.29, 1.82) is 0 Å². The summed E-state index contributed by atoms with van der Waals surface area (Å²) in [7, 11) is 0. The Balaban J connectivity index is 0. The highest BCUT2D eigenvalue weighted by atomic mass is 35.5. The molecular weight excluding hydrogens is 207 g/mol. The number of rotatable bonds is 3. The summed E-state index contributed by atoms with van der Waals surface area (Å²) in [4.78, 5) is 0. The van der Waals surface area contributed by atoms with E-state index in [1.807, 2.05) is 0 Å². The summed E-state index contributed by atoms with van der Waals surface area (Å²) in [5.41, 5.74) is 0. The minimum Gasteiger partial charge on any atom is -0.317 e. The Hall–Kier alpha value is 0.500. The van der Waals surface area contributed by atoms with Gasteiger partial charge >= 0.3 is 0 Å². The topological polar surface area (TPSA) is 24.1 Å². The molecule has 0 unspecified atom stereocenters. The predicted molar refractivity (Wildman–Crippen MR) is 63.2 cm³/mol. The molecular formula is C9H22Cl2N2. The fraction of sp³-hybridized carbons (Fsp3) is 1.00. The summed E-state index contributed by atoms with van der Waals surface area (Å²) in [6, 6.07) is 0.777. The Morgan fingerprint density at radius 3 is 2.23 bits per heavy atom. The molecule has 1 heterocycles. The minimum atomic E-state index is 0. The van der Waals surface area contributed by atoms with E-state index < -0.39 is 0 Å². The molecule has 0 saturated carbocycles. The van der Waals surface area contributed by atoms with Gasteiger partial charge < -0.3 is 10.6 Å². The molecule has 0 atom stereocenters. The van der Waals surface area contributed by atoms with E-state index in [9.17, 15) is 0 Å². The second-order valence-electron chi connectivity index (χ2n) is 3.83. The zero-order chi connectivity index (χ0) is 8.10. The smallest absolute Gasteiger partial charge is 0.00913 e. The molecule has 0 bridgehead atoms. The van der Waals surface area contributed by atoms with Crippen molar-refractivity contribution in [2.75, 3.05) is 19.6 Å². The fourth-order valence-corrected chi connectivity index (χ4v) is 1.43. The molecule has 0 aromatic carbocycles. The second-order valence-corrected chi connectivity index (χ2v) is 3.83. The molecule has 1 rings (SSSR count). The summed E-state index contributed by atoms with van der Waals surface area (Å²) >= 11 is 0. The molecule has 13 heavy (non-hydrogen) atoms. The Kier molecular flexibility index (Phi) is 11.1. The first kappa shape index (κ1) is 15.9. The maximum absolute atomic E-state index is 3.58. The molecule has 2 nitrogen and oxygen atoms in total. The van der Waals surface area contributed by atoms with E-state index in [0.29, 0.717) is 0 Å². The van der Waals surface area contributed by atoms with E-state index in [0.717, 1.165) is 12.0 Å². The zero-order valence-electron chi connectivity index (χ0n) is 8.51. The molecule has 4 heteroatoms. The van der Waals surface area contributed by atoms with Crippen LogP contribution in [0.3, 0.4) is 0 Å². The molecule has 0 radical (unpaired) electrons. The molecule has 1 aliphatic rings. The lowest BCUT2D eigenvalue weighted by atomic mass is 10.1. The number of hydrogen-bond donors (Lipinski definition) is 2. The van der Waals surface area contributed by atoms with Crippen molar-refractivity contribution in [3.8, 4) is 0 Å². The normalized spacial score (nSPS) is 17.8. The summed E-state index contributed by atoms with van der Waals surface area (Å²) in [5.74, 6) is 0.782. The van der Waals surface area contributed by atoms with Gasteiger partial charge in [-0.05, 0) is 38.4 Å². The molecule has 2 N–H and O–H groups in total. The van der Waals surface area contributed by atoms with Crippen LogP contribution < -0.4 is 10.6 Å². The van der Waals surface area contributed by atoms with E-state index in [-0.39, 0.29) is 24.8 Å². The highest BCUT2D eigenvalue weighted by Crippen LogP contribution is 2.02. The van der Waals surface area contributed by atoms with Crippen LogP contribution in [0, 0.1) is 5.92 Å². The van der Waals surface area contributed by atoms with Crippen LogP contribution in [0.2, 0.25) is 0 Å². The second kappa shape index (κ2) is 9.07. The highest BCUT2D eigenvalue weighted by molar-refractivity contribution is 5.85. The van der Waals surface area contributed by atoms with Crippen molar-refractivity contribution in [1.82, 2.24) is 10.6 Å². The van der Waals surface area contributed by atoms with Crippen LogP contribution in [0.15, 0.2) is 0 Å². The molecule has 0 aromatic heterocycles. The summed E-state index contributed by atoms with van der Waals surface area (Å²) < 4.78 is 0. The van der Waals surface area contributed by atoms with Crippen molar-refractivity contribution < 1.29 is 0 Å². The van der Waals surface area contributed by atoms with Gasteiger partial charge in [-0.2, -0.15) is 0 Å². The van der Waals surface area contributed by atoms with Crippen molar-refractivity contribution in [2.24, 2.45) is 5.92 Å². The Morgan fingerprint density at radius 2 is 1.77 bits per heavy atom. The first-order valence-corrected chi connectivity index (χ1v) is 4.73. The van der Waals surface area contributed by atoms with Gasteiger partial charge in [0.1, 0.15) is 0 Å². The van der Waals surface area contributed by atoms with Crippen LogP contribution in [0.4, 0.5) is 0 Å². The minimum absolute atomic E-state index is 0. The average molecular weight is 229 g/mol. The summed E-state index contributed by atoms with van der Waals surface area (Å²) in [6.07, 6.45) is 2.60. The lowest BCUT2D eigenvalue weighted by Crippen LogP contribution is -2.41. The van der Waals surface area contributed by atoms with Crippen LogP contribution >= 0.6 is 24.8 Å². The van der Waals surface area contributed by atoms with E-state index in [2.05, 4.69) is 24.5 Å². The van der Waals surface area contributed by atoms with E-state index >= 15 is 0 Å². The SMILES string of the molecule is CC(C)CNC1CCNCC1.Cl.Cl. The first-order chi connectivity index (χ1) is 5.29. The van der Waals surface area contributed by atoms with Gasteiger partial charge in [-0.25, -0.2) is 0 Å². The van der Waals surface area contributed by atoms with Crippen molar-refractivity contribution >= 4 is 24.8 Å². The van der Waals surface area contributed by atoms with Gasteiger partial charge in [-0.15, -0.1) is 24.8 Å². The lowest BCUT2D eigenvalue weighted by Gasteiger charge is -2.24. The third kappa shape index (κ3) is 7.56. The highest BCUT2D eigenvalue weighted by Gasteiger charge is 2.11. The fourth-order valence-electron chi connectivity index (χ4n) is 1.43. The third-order valence-corrected chi connectivity index (χ3v) is 2.15. The first-order valence-electron chi connectivity index (χ1n) is 4.73. The van der Waals surface area contributed by atoms with Crippen molar-refractivity contribution in [3.05, 3.63) is 0 Å². The third-order valence-electron chi connectivity index (χ3n) is 2.15. The number of hydrogen-bond acceptors (Lipinski definition) is 2. The van der Waals surface area contributed by atoms with Crippen LogP contribution in [0.25, 0.3) is 0 Å². The van der Waals surface area contributed by atoms with Gasteiger partial charge in [0.25, 0.3) is 0 Å². The molecule has 1 saturated heterocycles. The van der Waals surface area contributed by atoms with Gasteiger partial charge in [-0.1, -0.05) is 13.8 Å². The molecule has 0 aliphatic carbocycles. The monoisotopic (exact) mass is 228 g/mol. The van der Waals surface area contributed by atoms with E-state index in [4.69, 9.17) is 0 Å². The molecule has 1 fully saturated rings.